The van der Waals surface area contributed by atoms with Crippen molar-refractivity contribution in [2.45, 2.75) is 33.6 Å². The molecule has 1 amide bonds. The average molecular weight is 248 g/mol. The standard InChI is InChI=1S/C15H24N2O/c1-15(2,3)11-10-14(18)16-12-6-8-13(9-7-12)17(4)5/h6-9H,10-11H2,1-5H3,(H,16,18). The van der Waals surface area contributed by atoms with Gasteiger partial charge in [0.2, 0.25) is 5.91 Å². The Bertz CT molecular complexity index is 388. The summed E-state index contributed by atoms with van der Waals surface area (Å²) in [6.45, 7) is 6.43. The van der Waals surface area contributed by atoms with Crippen molar-refractivity contribution >= 4 is 17.3 Å². The molecule has 0 saturated carbocycles. The van der Waals surface area contributed by atoms with Crippen LogP contribution >= 0.6 is 0 Å². The van der Waals surface area contributed by atoms with Crippen molar-refractivity contribution < 1.29 is 4.79 Å². The Morgan fingerprint density at radius 3 is 2.17 bits per heavy atom. The number of hydrogen-bond acceptors (Lipinski definition) is 2. The summed E-state index contributed by atoms with van der Waals surface area (Å²) in [4.78, 5) is 13.8. The fraction of sp³-hybridized carbons (Fsp3) is 0.533. The minimum Gasteiger partial charge on any atom is -0.378 e. The molecule has 0 atom stereocenters. The van der Waals surface area contributed by atoms with Crippen LogP contribution in [0.4, 0.5) is 11.4 Å². The minimum absolute atomic E-state index is 0.0857. The summed E-state index contributed by atoms with van der Waals surface area (Å²) in [6.07, 6.45) is 1.47. The quantitative estimate of drug-likeness (QED) is 0.884. The van der Waals surface area contributed by atoms with Crippen molar-refractivity contribution in [3.63, 3.8) is 0 Å². The van der Waals surface area contributed by atoms with E-state index in [-0.39, 0.29) is 11.3 Å². The highest BCUT2D eigenvalue weighted by Crippen LogP contribution is 2.21. The molecule has 0 spiro atoms. The van der Waals surface area contributed by atoms with E-state index in [1.54, 1.807) is 0 Å². The molecule has 0 radical (unpaired) electrons. The molecular formula is C15H24N2O. The maximum atomic E-state index is 11.8. The molecule has 0 fully saturated rings. The van der Waals surface area contributed by atoms with Crippen LogP contribution < -0.4 is 10.2 Å². The number of rotatable bonds is 4. The van der Waals surface area contributed by atoms with Gasteiger partial charge in [0.1, 0.15) is 0 Å². The van der Waals surface area contributed by atoms with Crippen LogP contribution in [0, 0.1) is 5.41 Å². The van der Waals surface area contributed by atoms with E-state index >= 15 is 0 Å². The van der Waals surface area contributed by atoms with Crippen molar-refractivity contribution in [1.82, 2.24) is 0 Å². The molecule has 0 unspecified atom stereocenters. The number of anilines is 2. The third-order valence-corrected chi connectivity index (χ3v) is 2.77. The van der Waals surface area contributed by atoms with Gasteiger partial charge in [0.05, 0.1) is 0 Å². The summed E-state index contributed by atoms with van der Waals surface area (Å²) in [5.74, 6) is 0.0857. The number of carbonyl (C=O) groups is 1. The minimum atomic E-state index is 0.0857. The number of hydrogen-bond donors (Lipinski definition) is 1. The van der Waals surface area contributed by atoms with Gasteiger partial charge in [0.15, 0.2) is 0 Å². The zero-order chi connectivity index (χ0) is 13.8. The summed E-state index contributed by atoms with van der Waals surface area (Å²) in [7, 11) is 3.99. The fourth-order valence-corrected chi connectivity index (χ4v) is 1.55. The van der Waals surface area contributed by atoms with Crippen LogP contribution in [0.5, 0.6) is 0 Å². The van der Waals surface area contributed by atoms with Gasteiger partial charge in [-0.2, -0.15) is 0 Å². The Labute approximate surface area is 110 Å². The van der Waals surface area contributed by atoms with E-state index in [0.29, 0.717) is 6.42 Å². The van der Waals surface area contributed by atoms with Gasteiger partial charge in [-0.05, 0) is 36.1 Å². The van der Waals surface area contributed by atoms with E-state index in [1.807, 2.05) is 43.3 Å². The molecular weight excluding hydrogens is 224 g/mol. The van der Waals surface area contributed by atoms with Gasteiger partial charge < -0.3 is 10.2 Å². The third-order valence-electron chi connectivity index (χ3n) is 2.77. The van der Waals surface area contributed by atoms with Crippen molar-refractivity contribution in [3.8, 4) is 0 Å². The van der Waals surface area contributed by atoms with Crippen LogP contribution in [0.1, 0.15) is 33.6 Å². The Morgan fingerprint density at radius 2 is 1.72 bits per heavy atom. The predicted octanol–water partition coefficient (Wildman–Crippen LogP) is 3.52. The van der Waals surface area contributed by atoms with Crippen LogP contribution in [0.25, 0.3) is 0 Å². The lowest BCUT2D eigenvalue weighted by atomic mass is 9.90. The van der Waals surface area contributed by atoms with Gasteiger partial charge in [0, 0.05) is 31.9 Å². The highest BCUT2D eigenvalue weighted by molar-refractivity contribution is 5.90. The second-order valence-electron chi connectivity index (χ2n) is 6.05. The summed E-state index contributed by atoms with van der Waals surface area (Å²) in [5, 5.41) is 2.92. The highest BCUT2D eigenvalue weighted by Gasteiger charge is 2.12. The van der Waals surface area contributed by atoms with Crippen LogP contribution in [0.15, 0.2) is 24.3 Å². The zero-order valence-corrected chi connectivity index (χ0v) is 12.1. The van der Waals surface area contributed by atoms with Crippen LogP contribution in [0.2, 0.25) is 0 Å². The normalized spacial score (nSPS) is 11.2. The largest absolute Gasteiger partial charge is 0.378 e. The highest BCUT2D eigenvalue weighted by atomic mass is 16.1. The van der Waals surface area contributed by atoms with E-state index in [1.165, 1.54) is 0 Å². The van der Waals surface area contributed by atoms with E-state index in [9.17, 15) is 4.79 Å². The van der Waals surface area contributed by atoms with Gasteiger partial charge >= 0.3 is 0 Å². The van der Waals surface area contributed by atoms with Crippen molar-refractivity contribution in [2.24, 2.45) is 5.41 Å². The lowest BCUT2D eigenvalue weighted by molar-refractivity contribution is -0.116. The molecule has 0 aliphatic rings. The summed E-state index contributed by atoms with van der Waals surface area (Å²) in [5.41, 5.74) is 2.19. The molecule has 3 nitrogen and oxygen atoms in total. The number of nitrogens with one attached hydrogen (secondary N) is 1. The smallest absolute Gasteiger partial charge is 0.224 e. The Balaban J connectivity index is 2.50. The molecule has 0 bridgehead atoms. The molecule has 18 heavy (non-hydrogen) atoms. The monoisotopic (exact) mass is 248 g/mol. The molecule has 100 valence electrons. The van der Waals surface area contributed by atoms with Crippen molar-refractivity contribution in [2.75, 3.05) is 24.3 Å². The molecule has 0 heterocycles. The third kappa shape index (κ3) is 5.21. The molecule has 1 N–H and O–H groups in total. The number of nitrogens with zero attached hydrogens (tertiary/aromatic N) is 1. The second kappa shape index (κ2) is 5.89. The van der Waals surface area contributed by atoms with Gasteiger partial charge in [-0.15, -0.1) is 0 Å². The van der Waals surface area contributed by atoms with E-state index < -0.39 is 0 Å². The summed E-state index contributed by atoms with van der Waals surface area (Å²) < 4.78 is 0. The molecule has 0 aliphatic carbocycles. The lowest BCUT2D eigenvalue weighted by Crippen LogP contribution is -2.15. The van der Waals surface area contributed by atoms with Gasteiger partial charge in [-0.3, -0.25) is 4.79 Å². The first-order chi connectivity index (χ1) is 8.28. The average Bonchev–Trinajstić information content (AvgIpc) is 2.26. The number of amides is 1. The first-order valence-corrected chi connectivity index (χ1v) is 6.35. The molecule has 1 aromatic carbocycles. The van der Waals surface area contributed by atoms with Gasteiger partial charge in [-0.25, -0.2) is 0 Å². The zero-order valence-electron chi connectivity index (χ0n) is 12.1. The Hall–Kier alpha value is -1.51. The molecule has 0 aliphatic heterocycles. The molecule has 1 aromatic rings. The predicted molar refractivity (Wildman–Crippen MR) is 78.1 cm³/mol. The second-order valence-corrected chi connectivity index (χ2v) is 6.05. The molecule has 0 aromatic heterocycles. The van der Waals surface area contributed by atoms with Crippen LogP contribution in [0.3, 0.4) is 0 Å². The molecule has 1 rings (SSSR count). The van der Waals surface area contributed by atoms with E-state index in [0.717, 1.165) is 17.8 Å². The maximum absolute atomic E-state index is 11.8. The maximum Gasteiger partial charge on any atom is 0.224 e. The first kappa shape index (κ1) is 14.6. The lowest BCUT2D eigenvalue weighted by Gasteiger charge is -2.17. The van der Waals surface area contributed by atoms with Gasteiger partial charge in [0.25, 0.3) is 0 Å². The summed E-state index contributed by atoms with van der Waals surface area (Å²) >= 11 is 0. The molecule has 3 heteroatoms. The van der Waals surface area contributed by atoms with Crippen LogP contribution in [-0.4, -0.2) is 20.0 Å². The fourth-order valence-electron chi connectivity index (χ4n) is 1.55. The van der Waals surface area contributed by atoms with Crippen LogP contribution in [-0.2, 0) is 4.79 Å². The van der Waals surface area contributed by atoms with Crippen molar-refractivity contribution in [3.05, 3.63) is 24.3 Å². The van der Waals surface area contributed by atoms with Gasteiger partial charge in [-0.1, -0.05) is 20.8 Å². The number of carbonyl (C=O) groups excluding carboxylic acids is 1. The van der Waals surface area contributed by atoms with E-state index in [2.05, 4.69) is 26.1 Å². The number of benzene rings is 1. The Kier molecular flexibility index (Phi) is 4.76. The first-order valence-electron chi connectivity index (χ1n) is 6.35. The van der Waals surface area contributed by atoms with Crippen molar-refractivity contribution in [1.29, 1.82) is 0 Å². The molecule has 0 saturated heterocycles. The Morgan fingerprint density at radius 1 is 1.17 bits per heavy atom. The topological polar surface area (TPSA) is 32.3 Å². The SMILES string of the molecule is CN(C)c1ccc(NC(=O)CCC(C)(C)C)cc1. The van der Waals surface area contributed by atoms with E-state index in [4.69, 9.17) is 0 Å². The summed E-state index contributed by atoms with van der Waals surface area (Å²) in [6, 6.07) is 7.87.